The van der Waals surface area contributed by atoms with Gasteiger partial charge >= 0.3 is 6.18 Å². The van der Waals surface area contributed by atoms with Gasteiger partial charge in [-0.05, 0) is 42.8 Å². The molecule has 0 saturated heterocycles. The number of aryl methyl sites for hydroxylation is 1. The quantitative estimate of drug-likeness (QED) is 0.827. The maximum absolute atomic E-state index is 12.6. The van der Waals surface area contributed by atoms with Crippen molar-refractivity contribution in [2.24, 2.45) is 0 Å². The molecule has 2 rings (SSSR count). The smallest absolute Gasteiger partial charge is 0.398 e. The summed E-state index contributed by atoms with van der Waals surface area (Å²) in [6.07, 6.45) is -4.45. The third kappa shape index (κ3) is 3.53. The standard InChI is InChI=1S/C15H13F3N2O/c1-9-5-6-12(13(19)7-9)14(21)20-11-4-2-3-10(8-11)15(16,17)18/h2-8H,19H2,1H3,(H,20,21). The van der Waals surface area contributed by atoms with Crippen LogP contribution >= 0.6 is 0 Å². The normalized spacial score (nSPS) is 11.2. The number of carbonyl (C=O) groups excluding carboxylic acids is 1. The molecule has 0 radical (unpaired) electrons. The van der Waals surface area contributed by atoms with E-state index in [-0.39, 0.29) is 16.9 Å². The van der Waals surface area contributed by atoms with E-state index >= 15 is 0 Å². The second kappa shape index (κ2) is 5.47. The number of carbonyl (C=O) groups is 1. The molecule has 0 bridgehead atoms. The van der Waals surface area contributed by atoms with Gasteiger partial charge in [-0.1, -0.05) is 12.1 Å². The largest absolute Gasteiger partial charge is 0.416 e. The van der Waals surface area contributed by atoms with Crippen molar-refractivity contribution in [3.63, 3.8) is 0 Å². The van der Waals surface area contributed by atoms with Crippen LogP contribution in [-0.4, -0.2) is 5.91 Å². The fourth-order valence-corrected chi connectivity index (χ4v) is 1.86. The molecule has 1 amide bonds. The highest BCUT2D eigenvalue weighted by molar-refractivity contribution is 6.07. The number of rotatable bonds is 2. The Hall–Kier alpha value is -2.50. The molecule has 2 aromatic rings. The Kier molecular flexibility index (Phi) is 3.88. The van der Waals surface area contributed by atoms with Crippen LogP contribution in [0.25, 0.3) is 0 Å². The van der Waals surface area contributed by atoms with Crippen molar-refractivity contribution in [2.75, 3.05) is 11.1 Å². The summed E-state index contributed by atoms with van der Waals surface area (Å²) in [5, 5.41) is 2.41. The monoisotopic (exact) mass is 294 g/mol. The van der Waals surface area contributed by atoms with E-state index in [0.717, 1.165) is 17.7 Å². The van der Waals surface area contributed by atoms with Gasteiger partial charge in [-0.15, -0.1) is 0 Å². The molecule has 0 aromatic heterocycles. The molecule has 0 aliphatic heterocycles. The van der Waals surface area contributed by atoms with Crippen molar-refractivity contribution in [2.45, 2.75) is 13.1 Å². The first kappa shape index (κ1) is 14.9. The molecular weight excluding hydrogens is 281 g/mol. The molecular formula is C15H13F3N2O. The maximum atomic E-state index is 12.6. The second-order valence-corrected chi connectivity index (χ2v) is 4.62. The van der Waals surface area contributed by atoms with Crippen LogP contribution in [0.15, 0.2) is 42.5 Å². The van der Waals surface area contributed by atoms with Crippen LogP contribution in [0.2, 0.25) is 0 Å². The molecule has 21 heavy (non-hydrogen) atoms. The van der Waals surface area contributed by atoms with E-state index in [0.29, 0.717) is 0 Å². The number of nitrogens with two attached hydrogens (primary N) is 1. The lowest BCUT2D eigenvalue weighted by Gasteiger charge is -2.11. The Morgan fingerprint density at radius 3 is 2.48 bits per heavy atom. The minimum absolute atomic E-state index is 0.0646. The SMILES string of the molecule is Cc1ccc(C(=O)Nc2cccc(C(F)(F)F)c2)c(N)c1. The topological polar surface area (TPSA) is 55.1 Å². The molecule has 0 atom stereocenters. The van der Waals surface area contributed by atoms with Gasteiger partial charge in [0, 0.05) is 11.4 Å². The average molecular weight is 294 g/mol. The summed E-state index contributed by atoms with van der Waals surface area (Å²) < 4.78 is 37.8. The van der Waals surface area contributed by atoms with E-state index in [2.05, 4.69) is 5.32 Å². The van der Waals surface area contributed by atoms with Gasteiger partial charge < -0.3 is 11.1 Å². The van der Waals surface area contributed by atoms with Gasteiger partial charge in [0.1, 0.15) is 0 Å². The molecule has 0 aliphatic rings. The van der Waals surface area contributed by atoms with Gasteiger partial charge in [-0.25, -0.2) is 0 Å². The highest BCUT2D eigenvalue weighted by atomic mass is 19.4. The van der Waals surface area contributed by atoms with E-state index in [1.807, 2.05) is 6.92 Å². The van der Waals surface area contributed by atoms with Crippen molar-refractivity contribution in [1.29, 1.82) is 0 Å². The van der Waals surface area contributed by atoms with Crippen molar-refractivity contribution in [1.82, 2.24) is 0 Å². The first-order chi connectivity index (χ1) is 9.77. The van der Waals surface area contributed by atoms with Crippen LogP contribution < -0.4 is 11.1 Å². The van der Waals surface area contributed by atoms with E-state index in [1.165, 1.54) is 18.2 Å². The molecule has 3 nitrogen and oxygen atoms in total. The Bertz CT molecular complexity index is 681. The summed E-state index contributed by atoms with van der Waals surface area (Å²) in [5.41, 5.74) is 6.37. The Labute approximate surface area is 119 Å². The minimum Gasteiger partial charge on any atom is -0.398 e. The molecule has 0 unspecified atom stereocenters. The van der Waals surface area contributed by atoms with Gasteiger partial charge in [0.2, 0.25) is 0 Å². The zero-order valence-electron chi connectivity index (χ0n) is 11.2. The second-order valence-electron chi connectivity index (χ2n) is 4.62. The summed E-state index contributed by atoms with van der Waals surface area (Å²) in [6.45, 7) is 1.82. The first-order valence-corrected chi connectivity index (χ1v) is 6.12. The highest BCUT2D eigenvalue weighted by Gasteiger charge is 2.30. The number of hydrogen-bond acceptors (Lipinski definition) is 2. The summed E-state index contributed by atoms with van der Waals surface area (Å²) in [5.74, 6) is -0.549. The van der Waals surface area contributed by atoms with Crippen molar-refractivity contribution < 1.29 is 18.0 Å². The third-order valence-corrected chi connectivity index (χ3v) is 2.90. The number of hydrogen-bond donors (Lipinski definition) is 2. The fraction of sp³-hybridized carbons (Fsp3) is 0.133. The predicted octanol–water partition coefficient (Wildman–Crippen LogP) is 3.85. The van der Waals surface area contributed by atoms with Gasteiger partial charge in [0.05, 0.1) is 11.1 Å². The molecule has 0 fully saturated rings. The number of benzene rings is 2. The molecule has 0 spiro atoms. The van der Waals surface area contributed by atoms with Crippen LogP contribution in [0.4, 0.5) is 24.5 Å². The Morgan fingerprint density at radius 1 is 1.14 bits per heavy atom. The minimum atomic E-state index is -4.45. The van der Waals surface area contributed by atoms with Crippen LogP contribution in [-0.2, 0) is 6.18 Å². The third-order valence-electron chi connectivity index (χ3n) is 2.90. The molecule has 6 heteroatoms. The van der Waals surface area contributed by atoms with Crippen LogP contribution in [0, 0.1) is 6.92 Å². The van der Waals surface area contributed by atoms with Crippen LogP contribution in [0.3, 0.4) is 0 Å². The average Bonchev–Trinajstić information content (AvgIpc) is 2.37. The zero-order chi connectivity index (χ0) is 15.6. The predicted molar refractivity (Wildman–Crippen MR) is 75.0 cm³/mol. The summed E-state index contributed by atoms with van der Waals surface area (Å²) in [6, 6.07) is 9.30. The number of amides is 1. The number of alkyl halides is 3. The lowest BCUT2D eigenvalue weighted by Crippen LogP contribution is -2.15. The first-order valence-electron chi connectivity index (χ1n) is 6.12. The molecule has 0 heterocycles. The number of nitrogen functional groups attached to an aromatic ring is 1. The highest BCUT2D eigenvalue weighted by Crippen LogP contribution is 2.30. The van der Waals surface area contributed by atoms with E-state index in [9.17, 15) is 18.0 Å². The molecule has 2 aromatic carbocycles. The molecule has 0 saturated carbocycles. The Morgan fingerprint density at radius 2 is 1.86 bits per heavy atom. The number of nitrogens with one attached hydrogen (secondary N) is 1. The number of anilines is 2. The van der Waals surface area contributed by atoms with Gasteiger partial charge in [0.25, 0.3) is 5.91 Å². The summed E-state index contributed by atoms with van der Waals surface area (Å²) >= 11 is 0. The molecule has 110 valence electrons. The maximum Gasteiger partial charge on any atom is 0.416 e. The lowest BCUT2D eigenvalue weighted by atomic mass is 10.1. The summed E-state index contributed by atoms with van der Waals surface area (Å²) in [4.78, 5) is 12.0. The molecule has 0 aliphatic carbocycles. The van der Waals surface area contributed by atoms with Crippen molar-refractivity contribution >= 4 is 17.3 Å². The lowest BCUT2D eigenvalue weighted by molar-refractivity contribution is -0.137. The van der Waals surface area contributed by atoms with Crippen LogP contribution in [0.1, 0.15) is 21.5 Å². The van der Waals surface area contributed by atoms with Crippen molar-refractivity contribution in [3.05, 3.63) is 59.2 Å². The van der Waals surface area contributed by atoms with E-state index < -0.39 is 17.6 Å². The van der Waals surface area contributed by atoms with Gasteiger partial charge in [-0.2, -0.15) is 13.2 Å². The molecule has 3 N–H and O–H groups in total. The fourth-order valence-electron chi connectivity index (χ4n) is 1.86. The Balaban J connectivity index is 2.24. The number of halogens is 3. The zero-order valence-corrected chi connectivity index (χ0v) is 11.2. The summed E-state index contributed by atoms with van der Waals surface area (Å²) in [7, 11) is 0. The van der Waals surface area contributed by atoms with Gasteiger partial charge in [-0.3, -0.25) is 4.79 Å². The van der Waals surface area contributed by atoms with Gasteiger partial charge in [0.15, 0.2) is 0 Å². The van der Waals surface area contributed by atoms with E-state index in [1.54, 1.807) is 12.1 Å². The van der Waals surface area contributed by atoms with Crippen molar-refractivity contribution in [3.8, 4) is 0 Å². The van der Waals surface area contributed by atoms with Crippen LogP contribution in [0.5, 0.6) is 0 Å². The van der Waals surface area contributed by atoms with E-state index in [4.69, 9.17) is 5.73 Å².